The van der Waals surface area contributed by atoms with Gasteiger partial charge in [0.15, 0.2) is 0 Å². The summed E-state index contributed by atoms with van der Waals surface area (Å²) in [7, 11) is -3.35. The number of sulfonamides is 1. The van der Waals surface area contributed by atoms with E-state index in [9.17, 15) is 13.2 Å². The summed E-state index contributed by atoms with van der Waals surface area (Å²) in [6.45, 7) is 7.70. The number of hydrogen-bond acceptors (Lipinski definition) is 3. The molecule has 0 spiro atoms. The van der Waals surface area contributed by atoms with E-state index in [2.05, 4.69) is 15.0 Å². The van der Waals surface area contributed by atoms with Crippen LogP contribution in [-0.2, 0) is 10.0 Å². The summed E-state index contributed by atoms with van der Waals surface area (Å²) in [4.78, 5) is 15.4. The van der Waals surface area contributed by atoms with Gasteiger partial charge in [-0.1, -0.05) is 19.8 Å². The summed E-state index contributed by atoms with van der Waals surface area (Å²) in [5.74, 6) is -0.0436. The van der Waals surface area contributed by atoms with Crippen molar-refractivity contribution in [3.05, 3.63) is 29.5 Å². The van der Waals surface area contributed by atoms with Crippen molar-refractivity contribution in [2.75, 3.05) is 10.5 Å². The lowest BCUT2D eigenvalue weighted by molar-refractivity contribution is 0.0938. The molecule has 7 heteroatoms. The average molecular weight is 365 g/mol. The van der Waals surface area contributed by atoms with Gasteiger partial charge in [0.05, 0.1) is 5.75 Å². The molecular weight excluding hydrogens is 338 g/mol. The van der Waals surface area contributed by atoms with E-state index in [1.54, 1.807) is 18.2 Å². The van der Waals surface area contributed by atoms with Gasteiger partial charge in [-0.25, -0.2) is 8.42 Å². The Morgan fingerprint density at radius 3 is 2.60 bits per heavy atom. The molecule has 0 radical (unpaired) electrons. The number of amides is 1. The molecule has 3 N–H and O–H groups in total. The van der Waals surface area contributed by atoms with E-state index in [1.165, 1.54) is 0 Å². The van der Waals surface area contributed by atoms with Gasteiger partial charge in [-0.15, -0.1) is 0 Å². The van der Waals surface area contributed by atoms with Crippen molar-refractivity contribution in [2.45, 2.75) is 53.0 Å². The average Bonchev–Trinajstić information content (AvgIpc) is 2.83. The van der Waals surface area contributed by atoms with Gasteiger partial charge in [-0.2, -0.15) is 0 Å². The maximum absolute atomic E-state index is 12.3. The molecule has 25 heavy (non-hydrogen) atoms. The van der Waals surface area contributed by atoms with E-state index < -0.39 is 10.0 Å². The Hall–Kier alpha value is -2.02. The SMILES string of the molecule is CCCCCS(=O)(=O)Nc1ccc2[nH]c(C(=O)NC(C)C)c(C)c2c1. The lowest BCUT2D eigenvalue weighted by Gasteiger charge is -2.08. The van der Waals surface area contributed by atoms with Crippen LogP contribution in [0.3, 0.4) is 0 Å². The molecule has 0 atom stereocenters. The Morgan fingerprint density at radius 2 is 1.96 bits per heavy atom. The van der Waals surface area contributed by atoms with Gasteiger partial charge >= 0.3 is 0 Å². The van der Waals surface area contributed by atoms with Crippen molar-refractivity contribution in [1.82, 2.24) is 10.3 Å². The zero-order valence-electron chi connectivity index (χ0n) is 15.3. The topological polar surface area (TPSA) is 91.1 Å². The Balaban J connectivity index is 2.25. The van der Waals surface area contributed by atoms with Crippen LogP contribution >= 0.6 is 0 Å². The molecular formula is C18H27N3O3S. The maximum atomic E-state index is 12.3. The van der Waals surface area contributed by atoms with Crippen LogP contribution < -0.4 is 10.0 Å². The van der Waals surface area contributed by atoms with Gasteiger partial charge < -0.3 is 10.3 Å². The highest BCUT2D eigenvalue weighted by Crippen LogP contribution is 2.25. The molecule has 1 aromatic carbocycles. The third-order valence-corrected chi connectivity index (χ3v) is 5.37. The number of hydrogen-bond donors (Lipinski definition) is 3. The normalized spacial score (nSPS) is 11.9. The van der Waals surface area contributed by atoms with Crippen LogP contribution in [-0.4, -0.2) is 31.1 Å². The third kappa shape index (κ3) is 4.98. The van der Waals surface area contributed by atoms with Crippen molar-refractivity contribution in [2.24, 2.45) is 0 Å². The first-order chi connectivity index (χ1) is 11.7. The number of nitrogens with one attached hydrogen (secondary N) is 3. The molecule has 0 unspecified atom stereocenters. The molecule has 0 saturated carbocycles. The predicted molar refractivity (Wildman–Crippen MR) is 103 cm³/mol. The highest BCUT2D eigenvalue weighted by Gasteiger charge is 2.17. The van der Waals surface area contributed by atoms with Crippen LogP contribution in [0.2, 0.25) is 0 Å². The molecule has 0 bridgehead atoms. The van der Waals surface area contributed by atoms with Crippen LogP contribution in [0, 0.1) is 6.92 Å². The second kappa shape index (κ2) is 7.91. The fourth-order valence-corrected chi connectivity index (χ4v) is 3.90. The second-order valence-electron chi connectivity index (χ2n) is 6.64. The maximum Gasteiger partial charge on any atom is 0.268 e. The van der Waals surface area contributed by atoms with Gasteiger partial charge in [0, 0.05) is 22.6 Å². The smallest absolute Gasteiger partial charge is 0.268 e. The molecule has 138 valence electrons. The summed E-state index contributed by atoms with van der Waals surface area (Å²) >= 11 is 0. The fourth-order valence-electron chi connectivity index (χ4n) is 2.72. The number of rotatable bonds is 8. The molecule has 0 aliphatic carbocycles. The lowest BCUT2D eigenvalue weighted by atomic mass is 10.1. The molecule has 6 nitrogen and oxygen atoms in total. The zero-order chi connectivity index (χ0) is 18.6. The van der Waals surface area contributed by atoms with Crippen molar-refractivity contribution < 1.29 is 13.2 Å². The molecule has 0 aliphatic heterocycles. The number of benzene rings is 1. The number of aromatic amines is 1. The Labute approximate surface area is 149 Å². The minimum absolute atomic E-state index is 0.0452. The van der Waals surface area contributed by atoms with Crippen molar-refractivity contribution in [1.29, 1.82) is 0 Å². The Kier molecular flexibility index (Phi) is 6.11. The molecule has 0 saturated heterocycles. The summed E-state index contributed by atoms with van der Waals surface area (Å²) in [6, 6.07) is 5.31. The summed E-state index contributed by atoms with van der Waals surface area (Å²) in [5.41, 5.74) is 2.63. The van der Waals surface area contributed by atoms with E-state index in [4.69, 9.17) is 0 Å². The van der Waals surface area contributed by atoms with Crippen LogP contribution in [0.5, 0.6) is 0 Å². The van der Waals surface area contributed by atoms with Crippen LogP contribution in [0.1, 0.15) is 56.1 Å². The number of aryl methyl sites for hydroxylation is 1. The molecule has 1 heterocycles. The highest BCUT2D eigenvalue weighted by atomic mass is 32.2. The first kappa shape index (κ1) is 19.3. The molecule has 1 aromatic heterocycles. The Morgan fingerprint density at radius 1 is 1.24 bits per heavy atom. The van der Waals surface area contributed by atoms with Crippen molar-refractivity contribution in [3.8, 4) is 0 Å². The largest absolute Gasteiger partial charge is 0.350 e. The molecule has 0 aliphatic rings. The van der Waals surface area contributed by atoms with E-state index >= 15 is 0 Å². The number of carbonyl (C=O) groups excluding carboxylic acids is 1. The number of H-pyrrole nitrogens is 1. The highest BCUT2D eigenvalue weighted by molar-refractivity contribution is 7.92. The number of anilines is 1. The fraction of sp³-hybridized carbons (Fsp3) is 0.500. The van der Waals surface area contributed by atoms with Crippen molar-refractivity contribution >= 4 is 32.5 Å². The van der Waals surface area contributed by atoms with Crippen molar-refractivity contribution in [3.63, 3.8) is 0 Å². The minimum Gasteiger partial charge on any atom is -0.350 e. The standard InChI is InChI=1S/C18H27N3O3S/c1-5-6-7-10-25(23,24)21-14-8-9-16-15(11-14)13(4)17(20-16)18(22)19-12(2)3/h8-9,11-12,20-21H,5-7,10H2,1-4H3,(H,19,22). The third-order valence-electron chi connectivity index (χ3n) is 4.00. The molecule has 0 fully saturated rings. The summed E-state index contributed by atoms with van der Waals surface area (Å²) in [6.07, 6.45) is 2.52. The predicted octanol–water partition coefficient (Wildman–Crippen LogP) is 3.55. The molecule has 2 aromatic rings. The molecule has 2 rings (SSSR count). The minimum atomic E-state index is -3.35. The molecule has 1 amide bonds. The quantitative estimate of drug-likeness (QED) is 0.625. The van der Waals surface area contributed by atoms with Gasteiger partial charge in [-0.05, 0) is 51.0 Å². The summed E-state index contributed by atoms with van der Waals surface area (Å²) in [5, 5.41) is 3.70. The van der Waals surface area contributed by atoms with Crippen LogP contribution in [0.25, 0.3) is 10.9 Å². The number of carbonyl (C=O) groups is 1. The van der Waals surface area contributed by atoms with Crippen LogP contribution in [0.15, 0.2) is 18.2 Å². The zero-order valence-corrected chi connectivity index (χ0v) is 16.1. The second-order valence-corrected chi connectivity index (χ2v) is 8.48. The van der Waals surface area contributed by atoms with Gasteiger partial charge in [0.1, 0.15) is 5.69 Å². The van der Waals surface area contributed by atoms with Gasteiger partial charge in [0.2, 0.25) is 10.0 Å². The van der Waals surface area contributed by atoms with E-state index in [0.29, 0.717) is 17.8 Å². The Bertz CT molecular complexity index is 854. The monoisotopic (exact) mass is 365 g/mol. The number of fused-ring (bicyclic) bond motifs is 1. The van der Waals surface area contributed by atoms with Gasteiger partial charge in [-0.3, -0.25) is 9.52 Å². The number of unbranched alkanes of at least 4 members (excludes halogenated alkanes) is 2. The van der Waals surface area contributed by atoms with E-state index in [0.717, 1.165) is 29.3 Å². The first-order valence-electron chi connectivity index (χ1n) is 8.67. The van der Waals surface area contributed by atoms with E-state index in [-0.39, 0.29) is 17.7 Å². The van der Waals surface area contributed by atoms with E-state index in [1.807, 2.05) is 27.7 Å². The first-order valence-corrected chi connectivity index (χ1v) is 10.3. The van der Waals surface area contributed by atoms with Gasteiger partial charge in [0.25, 0.3) is 5.91 Å². The summed E-state index contributed by atoms with van der Waals surface area (Å²) < 4.78 is 26.9. The lowest BCUT2D eigenvalue weighted by Crippen LogP contribution is -2.30. The van der Waals surface area contributed by atoms with Crippen LogP contribution in [0.4, 0.5) is 5.69 Å². The number of aromatic nitrogens is 1.